The van der Waals surface area contributed by atoms with Gasteiger partial charge in [-0.25, -0.2) is 9.97 Å². The van der Waals surface area contributed by atoms with Crippen molar-refractivity contribution in [1.82, 2.24) is 15.0 Å². The van der Waals surface area contributed by atoms with E-state index in [4.69, 9.17) is 0 Å². The van der Waals surface area contributed by atoms with E-state index in [1.54, 1.807) is 28.9 Å². The van der Waals surface area contributed by atoms with Crippen molar-refractivity contribution in [3.8, 4) is 21.1 Å². The van der Waals surface area contributed by atoms with Crippen molar-refractivity contribution >= 4 is 27.8 Å². The fourth-order valence-corrected chi connectivity index (χ4v) is 3.51. The lowest BCUT2D eigenvalue weighted by Gasteiger charge is -2.04. The van der Waals surface area contributed by atoms with Gasteiger partial charge in [0.15, 0.2) is 5.13 Å². The predicted octanol–water partition coefficient (Wildman–Crippen LogP) is 4.15. The highest BCUT2D eigenvalue weighted by atomic mass is 32.1. The summed E-state index contributed by atoms with van der Waals surface area (Å²) in [6.07, 6.45) is 5.47. The summed E-state index contributed by atoms with van der Waals surface area (Å²) in [7, 11) is 0. The van der Waals surface area contributed by atoms with E-state index >= 15 is 0 Å². The molecule has 3 aromatic rings. The van der Waals surface area contributed by atoms with Gasteiger partial charge in [0.2, 0.25) is 0 Å². The van der Waals surface area contributed by atoms with Crippen LogP contribution in [0.3, 0.4) is 0 Å². The number of nitrogens with one attached hydrogen (secondary N) is 1. The molecule has 0 aromatic carbocycles. The van der Waals surface area contributed by atoms with Crippen molar-refractivity contribution in [2.24, 2.45) is 0 Å². The van der Waals surface area contributed by atoms with Crippen LogP contribution in [-0.4, -0.2) is 21.0 Å². The Kier molecular flexibility index (Phi) is 3.75. The van der Waals surface area contributed by atoms with Gasteiger partial charge in [0.1, 0.15) is 5.01 Å². The first kappa shape index (κ1) is 13.2. The number of nitrogens with zero attached hydrogens (tertiary/aromatic N) is 3. The van der Waals surface area contributed by atoms with Crippen molar-refractivity contribution in [1.29, 1.82) is 0 Å². The second-order valence-electron chi connectivity index (χ2n) is 4.61. The van der Waals surface area contributed by atoms with Gasteiger partial charge in [-0.2, -0.15) is 0 Å². The summed E-state index contributed by atoms with van der Waals surface area (Å²) in [6.45, 7) is 4.21. The van der Waals surface area contributed by atoms with Crippen LogP contribution >= 0.6 is 22.7 Å². The number of rotatable bonds is 4. The maximum atomic E-state index is 4.59. The fraction of sp³-hybridized carbons (Fsp3) is 0.214. The summed E-state index contributed by atoms with van der Waals surface area (Å²) < 4.78 is 0. The number of hydrogen-bond acceptors (Lipinski definition) is 6. The molecule has 0 radical (unpaired) electrons. The van der Waals surface area contributed by atoms with Gasteiger partial charge in [0.05, 0.1) is 10.6 Å². The molecule has 0 saturated heterocycles. The lowest BCUT2D eigenvalue weighted by atomic mass is 10.3. The fourth-order valence-electron chi connectivity index (χ4n) is 1.72. The van der Waals surface area contributed by atoms with E-state index in [0.29, 0.717) is 6.04 Å². The zero-order valence-corrected chi connectivity index (χ0v) is 12.8. The van der Waals surface area contributed by atoms with Gasteiger partial charge in [-0.15, -0.1) is 22.7 Å². The Hall–Kier alpha value is -1.79. The number of thiazole rings is 2. The van der Waals surface area contributed by atoms with E-state index in [1.807, 2.05) is 24.5 Å². The summed E-state index contributed by atoms with van der Waals surface area (Å²) >= 11 is 3.26. The zero-order chi connectivity index (χ0) is 13.9. The minimum Gasteiger partial charge on any atom is -0.359 e. The Labute approximate surface area is 125 Å². The standard InChI is InChI=1S/C14H14N4S2/c1-9(2)17-14-18-11(8-19-14)12-7-16-13(20-12)10-4-3-5-15-6-10/h3-9H,1-2H3,(H,17,18). The van der Waals surface area contributed by atoms with Gasteiger partial charge in [0, 0.05) is 35.6 Å². The molecule has 0 spiro atoms. The number of hydrogen-bond donors (Lipinski definition) is 1. The summed E-state index contributed by atoms with van der Waals surface area (Å²) in [5.74, 6) is 0. The maximum absolute atomic E-state index is 4.59. The molecular formula is C14H14N4S2. The van der Waals surface area contributed by atoms with Gasteiger partial charge in [0.25, 0.3) is 0 Å². The molecule has 0 atom stereocenters. The van der Waals surface area contributed by atoms with Crippen LogP contribution in [0.2, 0.25) is 0 Å². The summed E-state index contributed by atoms with van der Waals surface area (Å²) in [6, 6.07) is 4.33. The first-order valence-electron chi connectivity index (χ1n) is 6.31. The molecule has 3 rings (SSSR count). The molecule has 102 valence electrons. The zero-order valence-electron chi connectivity index (χ0n) is 11.2. The molecule has 3 heterocycles. The first-order valence-corrected chi connectivity index (χ1v) is 8.00. The molecule has 0 aliphatic rings. The molecule has 0 fully saturated rings. The third-order valence-corrected chi connectivity index (χ3v) is 4.43. The Morgan fingerprint density at radius 2 is 2.15 bits per heavy atom. The van der Waals surface area contributed by atoms with Crippen molar-refractivity contribution < 1.29 is 0 Å². The van der Waals surface area contributed by atoms with Gasteiger partial charge in [-0.3, -0.25) is 4.98 Å². The summed E-state index contributed by atoms with van der Waals surface area (Å²) in [4.78, 5) is 14.2. The highest BCUT2D eigenvalue weighted by Gasteiger charge is 2.10. The van der Waals surface area contributed by atoms with Crippen LogP contribution < -0.4 is 5.32 Å². The summed E-state index contributed by atoms with van der Waals surface area (Å²) in [5, 5.41) is 7.30. The minimum absolute atomic E-state index is 0.390. The topological polar surface area (TPSA) is 50.7 Å². The number of anilines is 1. The van der Waals surface area contributed by atoms with E-state index in [9.17, 15) is 0 Å². The largest absolute Gasteiger partial charge is 0.359 e. The average molecular weight is 302 g/mol. The maximum Gasteiger partial charge on any atom is 0.183 e. The molecule has 4 nitrogen and oxygen atoms in total. The second-order valence-corrected chi connectivity index (χ2v) is 6.50. The van der Waals surface area contributed by atoms with E-state index in [1.165, 1.54) is 0 Å². The quantitative estimate of drug-likeness (QED) is 0.786. The first-order chi connectivity index (χ1) is 9.72. The van der Waals surface area contributed by atoms with E-state index < -0.39 is 0 Å². The molecule has 0 bridgehead atoms. The highest BCUT2D eigenvalue weighted by molar-refractivity contribution is 7.19. The van der Waals surface area contributed by atoms with Gasteiger partial charge < -0.3 is 5.32 Å². The Balaban J connectivity index is 1.85. The van der Waals surface area contributed by atoms with E-state index in [-0.39, 0.29) is 0 Å². The molecule has 0 aliphatic carbocycles. The number of pyridine rings is 1. The molecule has 0 unspecified atom stereocenters. The van der Waals surface area contributed by atoms with Gasteiger partial charge in [-0.05, 0) is 26.0 Å². The molecule has 0 amide bonds. The SMILES string of the molecule is CC(C)Nc1nc(-c2cnc(-c3cccnc3)s2)cs1. The van der Waals surface area contributed by atoms with Crippen LogP contribution in [0, 0.1) is 0 Å². The van der Waals surface area contributed by atoms with Crippen molar-refractivity contribution in [2.75, 3.05) is 5.32 Å². The van der Waals surface area contributed by atoms with Crippen LogP contribution in [-0.2, 0) is 0 Å². The number of aromatic nitrogens is 3. The molecule has 0 saturated carbocycles. The van der Waals surface area contributed by atoms with Gasteiger partial charge >= 0.3 is 0 Å². The van der Waals surface area contributed by atoms with Crippen LogP contribution in [0.1, 0.15) is 13.8 Å². The normalized spacial score (nSPS) is 10.9. The molecule has 3 aromatic heterocycles. The Morgan fingerprint density at radius 3 is 2.90 bits per heavy atom. The molecule has 0 aliphatic heterocycles. The lowest BCUT2D eigenvalue weighted by Crippen LogP contribution is -2.08. The third kappa shape index (κ3) is 2.86. The molecule has 6 heteroatoms. The van der Waals surface area contributed by atoms with Crippen LogP contribution in [0.5, 0.6) is 0 Å². The predicted molar refractivity (Wildman–Crippen MR) is 85.2 cm³/mol. The van der Waals surface area contributed by atoms with E-state index in [0.717, 1.165) is 26.3 Å². The molecule has 1 N–H and O–H groups in total. The van der Waals surface area contributed by atoms with Crippen LogP contribution in [0.15, 0.2) is 36.1 Å². The highest BCUT2D eigenvalue weighted by Crippen LogP contribution is 2.33. The molecule has 20 heavy (non-hydrogen) atoms. The Bertz CT molecular complexity index is 688. The van der Waals surface area contributed by atoms with Crippen LogP contribution in [0.4, 0.5) is 5.13 Å². The summed E-state index contributed by atoms with van der Waals surface area (Å²) in [5.41, 5.74) is 2.02. The van der Waals surface area contributed by atoms with Crippen molar-refractivity contribution in [2.45, 2.75) is 19.9 Å². The van der Waals surface area contributed by atoms with Crippen molar-refractivity contribution in [3.63, 3.8) is 0 Å². The monoisotopic (exact) mass is 302 g/mol. The lowest BCUT2D eigenvalue weighted by molar-refractivity contribution is 0.897. The van der Waals surface area contributed by atoms with Gasteiger partial charge in [-0.1, -0.05) is 0 Å². The Morgan fingerprint density at radius 1 is 1.25 bits per heavy atom. The minimum atomic E-state index is 0.390. The van der Waals surface area contributed by atoms with Crippen LogP contribution in [0.25, 0.3) is 21.1 Å². The smallest absolute Gasteiger partial charge is 0.183 e. The second kappa shape index (κ2) is 5.68. The van der Waals surface area contributed by atoms with E-state index in [2.05, 4.69) is 39.5 Å². The average Bonchev–Trinajstić information content (AvgIpc) is 3.07. The van der Waals surface area contributed by atoms with Crippen molar-refractivity contribution in [3.05, 3.63) is 36.1 Å². The third-order valence-electron chi connectivity index (χ3n) is 2.58. The molecular weight excluding hydrogens is 288 g/mol.